The minimum atomic E-state index is -4.12. The number of hydrogen-bond donors (Lipinski definition) is 1. The second kappa shape index (κ2) is 10.0. The number of amides is 1. The molecule has 4 rings (SSSR count). The van der Waals surface area contributed by atoms with Crippen molar-refractivity contribution >= 4 is 33.8 Å². The first kappa shape index (κ1) is 24.7. The number of nitrogens with one attached hydrogen (secondary N) is 1. The van der Waals surface area contributed by atoms with Crippen LogP contribution in [0.4, 0.5) is 18.9 Å². The molecule has 1 amide bonds. The summed E-state index contributed by atoms with van der Waals surface area (Å²) >= 11 is 0. The van der Waals surface area contributed by atoms with Crippen LogP contribution < -0.4 is 5.32 Å². The van der Waals surface area contributed by atoms with Crippen LogP contribution in [0, 0.1) is 30.3 Å². The quantitative estimate of drug-likeness (QED) is 0.528. The lowest BCUT2D eigenvalue weighted by molar-refractivity contribution is -0.120. The summed E-state index contributed by atoms with van der Waals surface area (Å²) in [7, 11) is -4.12. The largest absolute Gasteiger partial charge is 0.355 e. The molecule has 0 bridgehead atoms. The third-order valence-electron chi connectivity index (χ3n) is 5.69. The van der Waals surface area contributed by atoms with Crippen LogP contribution in [0.1, 0.15) is 29.9 Å². The summed E-state index contributed by atoms with van der Waals surface area (Å²) in [5.41, 5.74) is 0.178. The number of aryl methyl sites for hydroxylation is 1. The Hall–Kier alpha value is -3.44. The molecule has 0 radical (unpaired) electrons. The molecule has 11 heteroatoms. The van der Waals surface area contributed by atoms with Gasteiger partial charge in [0.15, 0.2) is 10.7 Å². The molecule has 35 heavy (non-hydrogen) atoms. The standard InChI is InChI=1S/C24H22F3N3O4S/c1-15-23(22(34-29-15)11-8-16-5-2-3-7-19(16)26)35(32,33)30-12-4-6-17(14-30)24(31)28-21-10-9-18(25)13-20(21)27/h2-3,5,7-11,13,17H,4,6,12,14H2,1H3,(H,28,31). The molecule has 7 nitrogen and oxygen atoms in total. The van der Waals surface area contributed by atoms with E-state index in [1.807, 2.05) is 0 Å². The Kier molecular flexibility index (Phi) is 7.08. The van der Waals surface area contributed by atoms with Gasteiger partial charge in [0.05, 0.1) is 11.6 Å². The van der Waals surface area contributed by atoms with Gasteiger partial charge in [-0.1, -0.05) is 23.4 Å². The molecule has 2 heterocycles. The molecule has 1 aliphatic heterocycles. The van der Waals surface area contributed by atoms with E-state index in [9.17, 15) is 26.4 Å². The Morgan fingerprint density at radius 1 is 1.14 bits per heavy atom. The van der Waals surface area contributed by atoms with Crippen molar-refractivity contribution in [3.8, 4) is 0 Å². The number of nitrogens with zero attached hydrogens (tertiary/aromatic N) is 2. The first-order chi connectivity index (χ1) is 16.7. The van der Waals surface area contributed by atoms with Crippen molar-refractivity contribution in [2.45, 2.75) is 24.7 Å². The molecule has 1 aromatic heterocycles. The average molecular weight is 506 g/mol. The van der Waals surface area contributed by atoms with Crippen molar-refractivity contribution in [2.75, 3.05) is 18.4 Å². The van der Waals surface area contributed by atoms with Gasteiger partial charge in [-0.25, -0.2) is 21.6 Å². The van der Waals surface area contributed by atoms with Gasteiger partial charge in [-0.2, -0.15) is 4.31 Å². The van der Waals surface area contributed by atoms with Crippen molar-refractivity contribution in [3.63, 3.8) is 0 Å². The van der Waals surface area contributed by atoms with E-state index in [1.54, 1.807) is 6.07 Å². The van der Waals surface area contributed by atoms with Crippen molar-refractivity contribution in [3.05, 3.63) is 76.9 Å². The third-order valence-corrected chi connectivity index (χ3v) is 7.72. The molecular formula is C24H22F3N3O4S. The van der Waals surface area contributed by atoms with Gasteiger partial charge in [-0.3, -0.25) is 4.79 Å². The van der Waals surface area contributed by atoms with E-state index in [1.165, 1.54) is 37.3 Å². The maximum atomic E-state index is 13.9. The van der Waals surface area contributed by atoms with Gasteiger partial charge < -0.3 is 9.84 Å². The van der Waals surface area contributed by atoms with E-state index < -0.39 is 39.3 Å². The lowest BCUT2D eigenvalue weighted by Crippen LogP contribution is -2.44. The highest BCUT2D eigenvalue weighted by molar-refractivity contribution is 7.89. The Bertz CT molecular complexity index is 1390. The predicted molar refractivity (Wildman–Crippen MR) is 123 cm³/mol. The molecule has 1 saturated heterocycles. The van der Waals surface area contributed by atoms with E-state index >= 15 is 0 Å². The fourth-order valence-corrected chi connectivity index (χ4v) is 5.68. The van der Waals surface area contributed by atoms with Crippen LogP contribution in [0.25, 0.3) is 12.2 Å². The molecule has 1 atom stereocenters. The molecular weight excluding hydrogens is 483 g/mol. The number of benzene rings is 2. The van der Waals surface area contributed by atoms with Crippen LogP contribution in [-0.4, -0.2) is 36.9 Å². The number of carbonyl (C=O) groups is 1. The first-order valence-corrected chi connectivity index (χ1v) is 12.3. The Morgan fingerprint density at radius 3 is 2.66 bits per heavy atom. The molecule has 3 aromatic rings. The van der Waals surface area contributed by atoms with Crippen LogP contribution in [-0.2, 0) is 14.8 Å². The summed E-state index contributed by atoms with van der Waals surface area (Å²) in [4.78, 5) is 12.5. The van der Waals surface area contributed by atoms with E-state index in [0.29, 0.717) is 18.9 Å². The van der Waals surface area contributed by atoms with Gasteiger partial charge in [0.1, 0.15) is 23.1 Å². The molecule has 0 spiro atoms. The van der Waals surface area contributed by atoms with E-state index in [4.69, 9.17) is 4.52 Å². The van der Waals surface area contributed by atoms with Gasteiger partial charge in [-0.15, -0.1) is 0 Å². The summed E-state index contributed by atoms with van der Waals surface area (Å²) < 4.78 is 74.3. The molecule has 0 saturated carbocycles. The van der Waals surface area contributed by atoms with Crippen molar-refractivity contribution < 1.29 is 30.9 Å². The molecule has 1 aliphatic rings. The highest BCUT2D eigenvalue weighted by atomic mass is 32.2. The zero-order chi connectivity index (χ0) is 25.2. The summed E-state index contributed by atoms with van der Waals surface area (Å²) in [6, 6.07) is 8.76. The fourth-order valence-electron chi connectivity index (χ4n) is 3.90. The highest BCUT2D eigenvalue weighted by Crippen LogP contribution is 2.30. The SMILES string of the molecule is Cc1noc(C=Cc2ccccc2F)c1S(=O)(=O)N1CCCC(C(=O)Nc2ccc(F)cc2F)C1. The average Bonchev–Trinajstić information content (AvgIpc) is 3.21. The minimum absolute atomic E-state index is 0.0642. The molecule has 1 fully saturated rings. The number of piperidine rings is 1. The first-order valence-electron chi connectivity index (χ1n) is 10.8. The summed E-state index contributed by atoms with van der Waals surface area (Å²) in [6.45, 7) is 1.50. The molecule has 184 valence electrons. The maximum Gasteiger partial charge on any atom is 0.248 e. The van der Waals surface area contributed by atoms with Crippen LogP contribution in [0.15, 0.2) is 51.9 Å². The topological polar surface area (TPSA) is 92.5 Å². The van der Waals surface area contributed by atoms with Gasteiger partial charge in [0.25, 0.3) is 0 Å². The second-order valence-corrected chi connectivity index (χ2v) is 10.0. The zero-order valence-corrected chi connectivity index (χ0v) is 19.5. The van der Waals surface area contributed by atoms with Crippen molar-refractivity contribution in [1.29, 1.82) is 0 Å². The monoisotopic (exact) mass is 505 g/mol. The zero-order valence-electron chi connectivity index (χ0n) is 18.7. The maximum absolute atomic E-state index is 13.9. The van der Waals surface area contributed by atoms with Gasteiger partial charge in [-0.05, 0) is 50.1 Å². The van der Waals surface area contributed by atoms with E-state index in [-0.39, 0.29) is 40.7 Å². The Labute approximate surface area is 200 Å². The lowest BCUT2D eigenvalue weighted by atomic mass is 9.98. The van der Waals surface area contributed by atoms with Crippen LogP contribution in [0.3, 0.4) is 0 Å². The highest BCUT2D eigenvalue weighted by Gasteiger charge is 2.37. The smallest absolute Gasteiger partial charge is 0.248 e. The Morgan fingerprint density at radius 2 is 1.91 bits per heavy atom. The Balaban J connectivity index is 1.54. The summed E-state index contributed by atoms with van der Waals surface area (Å²) in [5, 5.41) is 6.16. The fraction of sp³-hybridized carbons (Fsp3) is 0.250. The second-order valence-electron chi connectivity index (χ2n) is 8.13. The number of carbonyl (C=O) groups excluding carboxylic acids is 1. The van der Waals surface area contributed by atoms with Crippen LogP contribution in [0.5, 0.6) is 0 Å². The third kappa shape index (κ3) is 5.30. The van der Waals surface area contributed by atoms with Crippen molar-refractivity contribution in [2.24, 2.45) is 5.92 Å². The van der Waals surface area contributed by atoms with E-state index in [0.717, 1.165) is 16.4 Å². The van der Waals surface area contributed by atoms with Crippen LogP contribution >= 0.6 is 0 Å². The predicted octanol–water partition coefficient (Wildman–Crippen LogP) is 4.61. The molecule has 0 aliphatic carbocycles. The summed E-state index contributed by atoms with van der Waals surface area (Å²) in [6.07, 6.45) is 3.51. The summed E-state index contributed by atoms with van der Waals surface area (Å²) in [5.74, 6) is -3.57. The molecule has 1 N–H and O–H groups in total. The van der Waals surface area contributed by atoms with Gasteiger partial charge in [0, 0.05) is 24.7 Å². The van der Waals surface area contributed by atoms with E-state index in [2.05, 4.69) is 10.5 Å². The van der Waals surface area contributed by atoms with Gasteiger partial charge >= 0.3 is 0 Å². The molecule has 1 unspecified atom stereocenters. The van der Waals surface area contributed by atoms with Crippen LogP contribution in [0.2, 0.25) is 0 Å². The minimum Gasteiger partial charge on any atom is -0.355 e. The number of halogens is 3. The molecule has 2 aromatic carbocycles. The number of anilines is 1. The number of sulfonamides is 1. The van der Waals surface area contributed by atoms with Crippen molar-refractivity contribution in [1.82, 2.24) is 9.46 Å². The normalized spacial score (nSPS) is 17.1. The number of hydrogen-bond acceptors (Lipinski definition) is 5. The number of rotatable bonds is 6. The lowest BCUT2D eigenvalue weighted by Gasteiger charge is -2.31. The van der Waals surface area contributed by atoms with Gasteiger partial charge in [0.2, 0.25) is 15.9 Å². The number of aromatic nitrogens is 1.